The molecule has 0 aliphatic heterocycles. The maximum absolute atomic E-state index is 13.2. The van der Waals surface area contributed by atoms with Gasteiger partial charge in [0.25, 0.3) is 0 Å². The number of hydrogen-bond acceptors (Lipinski definition) is 2. The van der Waals surface area contributed by atoms with Crippen molar-refractivity contribution in [3.8, 4) is 11.1 Å². The lowest BCUT2D eigenvalue weighted by atomic mass is 10.0. The molecule has 2 nitrogen and oxygen atoms in total. The first-order chi connectivity index (χ1) is 8.60. The van der Waals surface area contributed by atoms with Crippen molar-refractivity contribution in [2.45, 2.75) is 0 Å². The van der Waals surface area contributed by atoms with Crippen molar-refractivity contribution < 1.29 is 13.9 Å². The number of methoxy groups -OCH3 is 1. The molecule has 0 aliphatic carbocycles. The van der Waals surface area contributed by atoms with Crippen LogP contribution in [0, 0.1) is 5.82 Å². The summed E-state index contributed by atoms with van der Waals surface area (Å²) in [6.45, 7) is 0. The van der Waals surface area contributed by atoms with Crippen molar-refractivity contribution in [1.82, 2.24) is 0 Å². The van der Waals surface area contributed by atoms with Gasteiger partial charge in [0.1, 0.15) is 5.82 Å². The lowest BCUT2D eigenvalue weighted by molar-refractivity contribution is 0.0601. The minimum absolute atomic E-state index is 0.335. The molecule has 2 aromatic carbocycles. The van der Waals surface area contributed by atoms with E-state index in [-0.39, 0.29) is 0 Å². The Morgan fingerprint density at radius 3 is 2.33 bits per heavy atom. The van der Waals surface area contributed by atoms with Crippen LogP contribution in [0.4, 0.5) is 4.39 Å². The van der Waals surface area contributed by atoms with Gasteiger partial charge in [-0.2, -0.15) is 0 Å². The minimum Gasteiger partial charge on any atom is -0.465 e. The molecular formula is C14H10ClFO2. The Morgan fingerprint density at radius 1 is 1.11 bits per heavy atom. The van der Waals surface area contributed by atoms with Crippen LogP contribution in [0.2, 0.25) is 5.02 Å². The van der Waals surface area contributed by atoms with Crippen LogP contribution in [-0.4, -0.2) is 13.1 Å². The second-order valence-electron chi connectivity index (χ2n) is 3.73. The van der Waals surface area contributed by atoms with Crippen LogP contribution in [0.25, 0.3) is 11.1 Å². The fraction of sp³-hybridized carbons (Fsp3) is 0.0714. The quantitative estimate of drug-likeness (QED) is 0.768. The molecule has 0 unspecified atom stereocenters. The second kappa shape index (κ2) is 5.19. The van der Waals surface area contributed by atoms with Gasteiger partial charge in [-0.1, -0.05) is 23.7 Å². The predicted octanol–water partition coefficient (Wildman–Crippen LogP) is 3.93. The number of carbonyl (C=O) groups excluding carboxylic acids is 1. The molecule has 0 aromatic heterocycles. The Kier molecular flexibility index (Phi) is 3.63. The van der Waals surface area contributed by atoms with Crippen molar-refractivity contribution in [2.75, 3.05) is 7.11 Å². The van der Waals surface area contributed by atoms with Crippen LogP contribution in [0.3, 0.4) is 0 Å². The van der Waals surface area contributed by atoms with E-state index in [0.29, 0.717) is 16.1 Å². The molecule has 0 aliphatic rings. The number of ether oxygens (including phenoxy) is 1. The molecule has 0 bridgehead atoms. The average Bonchev–Trinajstić information content (AvgIpc) is 2.37. The normalized spacial score (nSPS) is 10.2. The van der Waals surface area contributed by atoms with Crippen molar-refractivity contribution >= 4 is 17.6 Å². The van der Waals surface area contributed by atoms with Gasteiger partial charge in [-0.3, -0.25) is 0 Å². The van der Waals surface area contributed by atoms with Gasteiger partial charge in [-0.05, 0) is 41.5 Å². The highest BCUT2D eigenvalue weighted by Crippen LogP contribution is 2.24. The first kappa shape index (κ1) is 12.6. The molecule has 18 heavy (non-hydrogen) atoms. The molecule has 0 saturated heterocycles. The summed E-state index contributed by atoms with van der Waals surface area (Å²) in [6, 6.07) is 11.0. The highest BCUT2D eigenvalue weighted by molar-refractivity contribution is 6.30. The highest BCUT2D eigenvalue weighted by Gasteiger charge is 2.06. The van der Waals surface area contributed by atoms with Crippen molar-refractivity contribution in [3.05, 3.63) is 58.9 Å². The third-order valence-electron chi connectivity index (χ3n) is 2.50. The summed E-state index contributed by atoms with van der Waals surface area (Å²) in [4.78, 5) is 11.3. The smallest absolute Gasteiger partial charge is 0.337 e. The number of carbonyl (C=O) groups is 1. The van der Waals surface area contributed by atoms with E-state index >= 15 is 0 Å². The Bertz CT molecular complexity index is 559. The standard InChI is InChI=1S/C14H10ClFO2/c1-18-14(17)10-4-2-9(3-5-10)11-6-12(15)8-13(16)7-11/h2-8H,1H3. The molecule has 2 rings (SSSR count). The average molecular weight is 265 g/mol. The zero-order valence-corrected chi connectivity index (χ0v) is 10.4. The molecule has 0 fully saturated rings. The van der Waals surface area contributed by atoms with Gasteiger partial charge in [0.15, 0.2) is 0 Å². The fourth-order valence-corrected chi connectivity index (χ4v) is 1.86. The van der Waals surface area contributed by atoms with Crippen LogP contribution in [-0.2, 0) is 4.74 Å². The molecule has 0 spiro atoms. The van der Waals surface area contributed by atoms with E-state index < -0.39 is 11.8 Å². The molecule has 0 heterocycles. The minimum atomic E-state index is -0.404. The van der Waals surface area contributed by atoms with Gasteiger partial charge in [0.05, 0.1) is 12.7 Å². The predicted molar refractivity (Wildman–Crippen MR) is 68.2 cm³/mol. The Balaban J connectivity index is 2.37. The van der Waals surface area contributed by atoms with E-state index in [1.165, 1.54) is 19.2 Å². The summed E-state index contributed by atoms with van der Waals surface area (Å²) in [5.41, 5.74) is 1.89. The molecule has 4 heteroatoms. The SMILES string of the molecule is COC(=O)c1ccc(-c2cc(F)cc(Cl)c2)cc1. The van der Waals surface area contributed by atoms with E-state index in [1.54, 1.807) is 30.3 Å². The Labute approximate surface area is 109 Å². The maximum Gasteiger partial charge on any atom is 0.337 e. The summed E-state index contributed by atoms with van der Waals surface area (Å²) < 4.78 is 17.8. The highest BCUT2D eigenvalue weighted by atomic mass is 35.5. The number of halogens is 2. The first-order valence-corrected chi connectivity index (χ1v) is 5.63. The van der Waals surface area contributed by atoms with Crippen molar-refractivity contribution in [2.24, 2.45) is 0 Å². The molecule has 0 atom stereocenters. The first-order valence-electron chi connectivity index (χ1n) is 5.25. The molecular weight excluding hydrogens is 255 g/mol. The summed E-state index contributed by atoms with van der Waals surface area (Å²) in [6.07, 6.45) is 0. The molecule has 2 aromatic rings. The van der Waals surface area contributed by atoms with Gasteiger partial charge in [0.2, 0.25) is 0 Å². The molecule has 92 valence electrons. The number of hydrogen-bond donors (Lipinski definition) is 0. The lowest BCUT2D eigenvalue weighted by Gasteiger charge is -2.04. The Hall–Kier alpha value is -1.87. The monoisotopic (exact) mass is 264 g/mol. The van der Waals surface area contributed by atoms with Crippen LogP contribution in [0.5, 0.6) is 0 Å². The van der Waals surface area contributed by atoms with E-state index in [9.17, 15) is 9.18 Å². The zero-order valence-electron chi connectivity index (χ0n) is 9.61. The number of benzene rings is 2. The number of esters is 1. The maximum atomic E-state index is 13.2. The molecule has 0 N–H and O–H groups in total. The van der Waals surface area contributed by atoms with E-state index in [4.69, 9.17) is 11.6 Å². The largest absolute Gasteiger partial charge is 0.465 e. The van der Waals surface area contributed by atoms with Gasteiger partial charge in [-0.15, -0.1) is 0 Å². The van der Waals surface area contributed by atoms with Crippen LogP contribution in [0.1, 0.15) is 10.4 Å². The van der Waals surface area contributed by atoms with Gasteiger partial charge in [-0.25, -0.2) is 9.18 Å². The zero-order chi connectivity index (χ0) is 13.1. The van der Waals surface area contributed by atoms with Crippen LogP contribution >= 0.6 is 11.6 Å². The third kappa shape index (κ3) is 2.68. The molecule has 0 radical (unpaired) electrons. The van der Waals surface area contributed by atoms with Crippen LogP contribution < -0.4 is 0 Å². The van der Waals surface area contributed by atoms with Crippen molar-refractivity contribution in [3.63, 3.8) is 0 Å². The summed E-state index contributed by atoms with van der Waals surface area (Å²) in [5.74, 6) is -0.798. The summed E-state index contributed by atoms with van der Waals surface area (Å²) in [5, 5.41) is 0.335. The van der Waals surface area contributed by atoms with E-state index in [2.05, 4.69) is 4.74 Å². The van der Waals surface area contributed by atoms with Gasteiger partial charge in [0, 0.05) is 5.02 Å². The van der Waals surface area contributed by atoms with E-state index in [0.717, 1.165) is 5.56 Å². The molecule has 0 amide bonds. The number of rotatable bonds is 2. The second-order valence-corrected chi connectivity index (χ2v) is 4.16. The Morgan fingerprint density at radius 2 is 1.78 bits per heavy atom. The third-order valence-corrected chi connectivity index (χ3v) is 2.72. The topological polar surface area (TPSA) is 26.3 Å². The van der Waals surface area contributed by atoms with Crippen molar-refractivity contribution in [1.29, 1.82) is 0 Å². The van der Waals surface area contributed by atoms with Crippen LogP contribution in [0.15, 0.2) is 42.5 Å². The van der Waals surface area contributed by atoms with Gasteiger partial charge >= 0.3 is 5.97 Å². The summed E-state index contributed by atoms with van der Waals surface area (Å²) in [7, 11) is 1.32. The lowest BCUT2D eigenvalue weighted by Crippen LogP contribution is -2.00. The fourth-order valence-electron chi connectivity index (χ4n) is 1.64. The van der Waals surface area contributed by atoms with Gasteiger partial charge < -0.3 is 4.74 Å². The molecule has 0 saturated carbocycles. The van der Waals surface area contributed by atoms with E-state index in [1.807, 2.05) is 0 Å². The summed E-state index contributed by atoms with van der Waals surface area (Å²) >= 11 is 5.79.